The van der Waals surface area contributed by atoms with Crippen molar-refractivity contribution < 1.29 is 23.9 Å². The third kappa shape index (κ3) is 25.0. The fourth-order valence-electron chi connectivity index (χ4n) is 3.38. The molecule has 2 N–H and O–H groups in total. The lowest BCUT2D eigenvalue weighted by molar-refractivity contribution is -0.145. The molecule has 0 rings (SSSR count). The molecule has 0 radical (unpaired) electrons. The van der Waals surface area contributed by atoms with E-state index in [0.29, 0.717) is 38.6 Å². The Morgan fingerprint density at radius 2 is 1.31 bits per heavy atom. The number of hydrogen-bond donors (Lipinski definition) is 2. The molecule has 0 heterocycles. The smallest absolute Gasteiger partial charge is 0.407 e. The number of unbranched alkanes of at least 4 members (excludes halogenated alkanes) is 2. The van der Waals surface area contributed by atoms with E-state index in [-0.39, 0.29) is 5.91 Å². The van der Waals surface area contributed by atoms with Gasteiger partial charge in [0.25, 0.3) is 0 Å². The monoisotopic (exact) mass is 544 g/mol. The van der Waals surface area contributed by atoms with Gasteiger partial charge in [-0.25, -0.2) is 9.59 Å². The number of methoxy groups -OCH3 is 1. The second kappa shape index (κ2) is 24.0. The Hall–Kier alpha value is -3.09. The molecule has 0 saturated carbocycles. The van der Waals surface area contributed by atoms with Crippen LogP contribution < -0.4 is 10.6 Å². The predicted octanol–water partition coefficient (Wildman–Crippen LogP) is 7.26. The number of nitrogens with one attached hydrogen (secondary N) is 2. The largest absolute Gasteiger partial charge is 0.467 e. The van der Waals surface area contributed by atoms with Crippen LogP contribution in [0.1, 0.15) is 98.3 Å². The second-order valence-electron chi connectivity index (χ2n) is 10.2. The van der Waals surface area contributed by atoms with Crippen molar-refractivity contribution in [2.75, 3.05) is 13.7 Å². The summed E-state index contributed by atoms with van der Waals surface area (Å²) in [6.45, 7) is 7.99. The molecule has 0 spiro atoms. The molecule has 0 aromatic heterocycles. The van der Waals surface area contributed by atoms with E-state index in [1.807, 2.05) is 0 Å². The Bertz CT molecular complexity index is 819. The van der Waals surface area contributed by atoms with Crippen LogP contribution in [0.15, 0.2) is 60.8 Å². The number of esters is 1. The molecule has 2 amide bonds. The van der Waals surface area contributed by atoms with Crippen molar-refractivity contribution in [2.45, 2.75) is 110 Å². The third-order valence-corrected chi connectivity index (χ3v) is 5.34. The Kier molecular flexibility index (Phi) is 22.1. The highest BCUT2D eigenvalue weighted by atomic mass is 16.6. The van der Waals surface area contributed by atoms with Gasteiger partial charge in [0.1, 0.15) is 11.6 Å². The van der Waals surface area contributed by atoms with E-state index in [1.54, 1.807) is 20.8 Å². The molecule has 0 aliphatic rings. The third-order valence-electron chi connectivity index (χ3n) is 5.34. The van der Waals surface area contributed by atoms with E-state index in [0.717, 1.165) is 38.5 Å². The minimum atomic E-state index is -0.683. The van der Waals surface area contributed by atoms with E-state index in [4.69, 9.17) is 9.47 Å². The van der Waals surface area contributed by atoms with Gasteiger partial charge in [-0.3, -0.25) is 4.79 Å². The van der Waals surface area contributed by atoms with Crippen molar-refractivity contribution in [2.24, 2.45) is 0 Å². The van der Waals surface area contributed by atoms with Crippen molar-refractivity contribution in [3.8, 4) is 0 Å². The average Bonchev–Trinajstić information content (AvgIpc) is 2.88. The molecule has 0 unspecified atom stereocenters. The number of hydrogen-bond acceptors (Lipinski definition) is 5. The molecule has 1 atom stereocenters. The fourth-order valence-corrected chi connectivity index (χ4v) is 3.38. The molecule has 0 bridgehead atoms. The van der Waals surface area contributed by atoms with Gasteiger partial charge in [0.2, 0.25) is 5.91 Å². The van der Waals surface area contributed by atoms with Crippen LogP contribution in [0.4, 0.5) is 4.79 Å². The van der Waals surface area contributed by atoms with Crippen molar-refractivity contribution in [1.82, 2.24) is 10.6 Å². The van der Waals surface area contributed by atoms with Crippen LogP contribution in [0.25, 0.3) is 0 Å². The first-order chi connectivity index (χ1) is 18.7. The first-order valence-electron chi connectivity index (χ1n) is 14.3. The standard InChI is InChI=1S/C32H52N2O5/c1-6-7-8-9-10-11-12-13-14-15-16-17-18-19-20-21-22-26-29(35)34-28(30(36)38-5)25-23-24-27-33-31(37)39-32(2,3)4/h7-8,10-11,13-14,16-17,19-20,28H,6,9,12,15,18,21-27H2,1-5H3,(H,33,37)(H,34,35)/b8-7-,11-10-,14-13-,17-16-,20-19-/t28-/m0/s1. The number of carbonyl (C=O) groups is 3. The van der Waals surface area contributed by atoms with Gasteiger partial charge in [-0.2, -0.15) is 0 Å². The van der Waals surface area contributed by atoms with Gasteiger partial charge in [0, 0.05) is 13.0 Å². The van der Waals surface area contributed by atoms with E-state index < -0.39 is 23.7 Å². The summed E-state index contributed by atoms with van der Waals surface area (Å²) >= 11 is 0. The lowest BCUT2D eigenvalue weighted by Gasteiger charge is -2.20. The molecular weight excluding hydrogens is 492 g/mol. The number of amides is 2. The normalized spacial score (nSPS) is 13.2. The molecule has 0 aliphatic carbocycles. The maximum atomic E-state index is 12.3. The number of alkyl carbamates (subject to hydrolysis) is 1. The lowest BCUT2D eigenvalue weighted by atomic mass is 10.1. The average molecular weight is 545 g/mol. The number of ether oxygens (including phenoxy) is 2. The Balaban J connectivity index is 4.02. The summed E-state index contributed by atoms with van der Waals surface area (Å²) in [7, 11) is 1.31. The SMILES string of the molecule is CC/C=C\C/C=C\C/C=C\C/C=C\C/C=C\CCCC(=O)N[C@@H](CCCCNC(=O)OC(C)(C)C)C(=O)OC. The van der Waals surface area contributed by atoms with E-state index >= 15 is 0 Å². The molecule has 39 heavy (non-hydrogen) atoms. The maximum Gasteiger partial charge on any atom is 0.407 e. The zero-order valence-electron chi connectivity index (χ0n) is 24.9. The van der Waals surface area contributed by atoms with Crippen LogP contribution in [-0.4, -0.2) is 43.3 Å². The van der Waals surface area contributed by atoms with E-state index in [1.165, 1.54) is 7.11 Å². The highest BCUT2D eigenvalue weighted by Crippen LogP contribution is 2.08. The van der Waals surface area contributed by atoms with E-state index in [2.05, 4.69) is 78.3 Å². The summed E-state index contributed by atoms with van der Waals surface area (Å²) < 4.78 is 10.0. The molecule has 7 nitrogen and oxygen atoms in total. The summed E-state index contributed by atoms with van der Waals surface area (Å²) in [5.74, 6) is -0.620. The van der Waals surface area contributed by atoms with Gasteiger partial charge >= 0.3 is 12.1 Å². The Morgan fingerprint density at radius 3 is 1.82 bits per heavy atom. The van der Waals surface area contributed by atoms with Gasteiger partial charge in [0.15, 0.2) is 0 Å². The molecule has 7 heteroatoms. The van der Waals surface area contributed by atoms with Crippen molar-refractivity contribution in [3.63, 3.8) is 0 Å². The zero-order valence-corrected chi connectivity index (χ0v) is 24.9. The minimum absolute atomic E-state index is 0.162. The molecule has 0 fully saturated rings. The first kappa shape index (κ1) is 35.9. The van der Waals surface area contributed by atoms with Gasteiger partial charge in [0.05, 0.1) is 7.11 Å². The summed E-state index contributed by atoms with van der Waals surface area (Å²) in [5, 5.41) is 5.47. The van der Waals surface area contributed by atoms with Crippen LogP contribution in [0.3, 0.4) is 0 Å². The zero-order chi connectivity index (χ0) is 29.2. The second-order valence-corrected chi connectivity index (χ2v) is 10.2. The summed E-state index contributed by atoms with van der Waals surface area (Å²) in [5.41, 5.74) is -0.543. The van der Waals surface area contributed by atoms with Gasteiger partial charge in [-0.15, -0.1) is 0 Å². The fraction of sp³-hybridized carbons (Fsp3) is 0.594. The van der Waals surface area contributed by atoms with Crippen molar-refractivity contribution in [3.05, 3.63) is 60.8 Å². The van der Waals surface area contributed by atoms with Crippen LogP contribution in [0.5, 0.6) is 0 Å². The van der Waals surface area contributed by atoms with E-state index in [9.17, 15) is 14.4 Å². The van der Waals surface area contributed by atoms with Crippen molar-refractivity contribution >= 4 is 18.0 Å². The molecule has 0 aliphatic heterocycles. The van der Waals surface area contributed by atoms with Crippen LogP contribution in [0, 0.1) is 0 Å². The number of rotatable bonds is 20. The molecule has 0 aromatic carbocycles. The van der Waals surface area contributed by atoms with Gasteiger partial charge in [-0.05, 0) is 85.0 Å². The van der Waals surface area contributed by atoms with Gasteiger partial charge in [-0.1, -0.05) is 67.7 Å². The minimum Gasteiger partial charge on any atom is -0.467 e. The summed E-state index contributed by atoms with van der Waals surface area (Å²) in [6, 6.07) is -0.683. The van der Waals surface area contributed by atoms with Crippen LogP contribution >= 0.6 is 0 Å². The Morgan fingerprint density at radius 1 is 0.769 bits per heavy atom. The topological polar surface area (TPSA) is 93.7 Å². The molecule has 220 valence electrons. The lowest BCUT2D eigenvalue weighted by Crippen LogP contribution is -2.41. The number of carbonyl (C=O) groups excluding carboxylic acids is 3. The molecule has 0 aromatic rings. The quantitative estimate of drug-likeness (QED) is 0.0955. The highest BCUT2D eigenvalue weighted by molar-refractivity contribution is 5.84. The van der Waals surface area contributed by atoms with Crippen LogP contribution in [0.2, 0.25) is 0 Å². The van der Waals surface area contributed by atoms with Crippen molar-refractivity contribution in [1.29, 1.82) is 0 Å². The highest BCUT2D eigenvalue weighted by Gasteiger charge is 2.21. The molecule has 0 saturated heterocycles. The predicted molar refractivity (Wildman–Crippen MR) is 160 cm³/mol. The maximum absolute atomic E-state index is 12.3. The van der Waals surface area contributed by atoms with Gasteiger partial charge < -0.3 is 20.1 Å². The number of allylic oxidation sites excluding steroid dienone is 10. The first-order valence-corrected chi connectivity index (χ1v) is 14.3. The Labute approximate surface area is 236 Å². The molecular formula is C32H52N2O5. The van der Waals surface area contributed by atoms with Crippen LogP contribution in [-0.2, 0) is 19.1 Å². The summed E-state index contributed by atoms with van der Waals surface area (Å²) in [6.07, 6.45) is 29.6. The summed E-state index contributed by atoms with van der Waals surface area (Å²) in [4.78, 5) is 36.0.